The third kappa shape index (κ3) is 5.07. The number of hydrogen-bond donors (Lipinski definition) is 1. The van der Waals surface area contributed by atoms with Crippen LogP contribution in [0.5, 0.6) is 11.5 Å². The number of thioether (sulfide) groups is 1. The standard InChI is InChI=1S/C27H32ClF2N3O4S/c1-14-9-21(38-4)19(25(35)32-14)13-31-24(34)18-10-20(28)23-22(15(18)2)36-26(3,37-23)16-5-7-33(8-6-16)17-11-27(29,30)12-17/h9-10,16-17,19H,5-8,11-13H2,1-4H3,(H,31,34)/t19?,26-/m1/s1. The van der Waals surface area contributed by atoms with E-state index in [0.717, 1.165) is 17.7 Å². The van der Waals surface area contributed by atoms with Gasteiger partial charge in [-0.05, 0) is 58.2 Å². The number of dihydropyridines is 1. The first-order valence-corrected chi connectivity index (χ1v) is 14.5. The number of likely N-dealkylation sites (tertiary alicyclic amines) is 1. The first-order chi connectivity index (χ1) is 17.9. The van der Waals surface area contributed by atoms with Gasteiger partial charge in [0.15, 0.2) is 11.5 Å². The van der Waals surface area contributed by atoms with Crippen LogP contribution in [-0.2, 0) is 4.79 Å². The minimum Gasteiger partial charge on any atom is -0.448 e. The lowest BCUT2D eigenvalue weighted by Gasteiger charge is -2.46. The van der Waals surface area contributed by atoms with Crippen molar-refractivity contribution in [1.82, 2.24) is 10.2 Å². The van der Waals surface area contributed by atoms with Crippen LogP contribution in [0.3, 0.4) is 0 Å². The molecule has 11 heteroatoms. The summed E-state index contributed by atoms with van der Waals surface area (Å²) < 4.78 is 39.3. The lowest BCUT2D eigenvalue weighted by Crippen LogP contribution is -2.55. The molecule has 0 bridgehead atoms. The van der Waals surface area contributed by atoms with Crippen LogP contribution >= 0.6 is 23.4 Å². The van der Waals surface area contributed by atoms with Crippen LogP contribution in [0.4, 0.5) is 8.78 Å². The van der Waals surface area contributed by atoms with E-state index in [1.807, 2.05) is 19.3 Å². The maximum Gasteiger partial charge on any atom is 0.255 e. The number of allylic oxidation sites excluding steroid dienone is 1. The number of amides is 2. The summed E-state index contributed by atoms with van der Waals surface area (Å²) in [5, 5.41) is 3.13. The van der Waals surface area contributed by atoms with Crippen molar-refractivity contribution in [1.29, 1.82) is 0 Å². The summed E-state index contributed by atoms with van der Waals surface area (Å²) in [5.74, 6) is -3.78. The van der Waals surface area contributed by atoms with E-state index in [9.17, 15) is 18.4 Å². The monoisotopic (exact) mass is 567 g/mol. The van der Waals surface area contributed by atoms with Crippen LogP contribution in [0.25, 0.3) is 0 Å². The number of piperidine rings is 1. The van der Waals surface area contributed by atoms with Gasteiger partial charge >= 0.3 is 0 Å². The van der Waals surface area contributed by atoms with Gasteiger partial charge in [-0.2, -0.15) is 0 Å². The molecule has 0 spiro atoms. The Morgan fingerprint density at radius 1 is 1.24 bits per heavy atom. The predicted molar refractivity (Wildman–Crippen MR) is 144 cm³/mol. The highest BCUT2D eigenvalue weighted by molar-refractivity contribution is 8.02. The molecule has 0 aromatic heterocycles. The van der Waals surface area contributed by atoms with Crippen molar-refractivity contribution in [2.45, 2.75) is 64.2 Å². The zero-order valence-corrected chi connectivity index (χ0v) is 23.5. The van der Waals surface area contributed by atoms with E-state index < -0.39 is 17.6 Å². The molecule has 2 atom stereocenters. The quantitative estimate of drug-likeness (QED) is 0.506. The topological polar surface area (TPSA) is 80.2 Å². The Labute approximate surface area is 230 Å². The number of alkyl halides is 2. The zero-order valence-electron chi connectivity index (χ0n) is 21.9. The summed E-state index contributed by atoms with van der Waals surface area (Å²) in [6.07, 6.45) is 5.12. The van der Waals surface area contributed by atoms with Crippen molar-refractivity contribution < 1.29 is 27.8 Å². The van der Waals surface area contributed by atoms with Gasteiger partial charge in [0.25, 0.3) is 23.5 Å². The summed E-state index contributed by atoms with van der Waals surface area (Å²) in [7, 11) is 0. The van der Waals surface area contributed by atoms with Crippen LogP contribution in [0.2, 0.25) is 5.02 Å². The van der Waals surface area contributed by atoms with E-state index in [0.29, 0.717) is 41.4 Å². The molecule has 1 saturated carbocycles. The molecular formula is C27H32ClF2N3O4S. The summed E-state index contributed by atoms with van der Waals surface area (Å²) >= 11 is 8.02. The lowest BCUT2D eigenvalue weighted by atomic mass is 9.83. The highest BCUT2D eigenvalue weighted by atomic mass is 35.5. The Kier molecular flexibility index (Phi) is 7.28. The molecule has 1 aromatic carbocycles. The number of nitrogens with zero attached hydrogens (tertiary/aromatic N) is 2. The molecule has 3 aliphatic heterocycles. The van der Waals surface area contributed by atoms with Gasteiger partial charge in [-0.25, -0.2) is 13.8 Å². The summed E-state index contributed by atoms with van der Waals surface area (Å²) in [4.78, 5) is 32.6. The number of rotatable bonds is 6. The molecule has 1 aliphatic carbocycles. The Morgan fingerprint density at radius 2 is 1.89 bits per heavy atom. The summed E-state index contributed by atoms with van der Waals surface area (Å²) in [6, 6.07) is 1.51. The van der Waals surface area contributed by atoms with Crippen molar-refractivity contribution in [2.24, 2.45) is 16.8 Å². The second-order valence-corrected chi connectivity index (χ2v) is 12.0. The fourth-order valence-corrected chi connectivity index (χ4v) is 6.81. The Balaban J connectivity index is 1.25. The van der Waals surface area contributed by atoms with Crippen LogP contribution in [0, 0.1) is 18.8 Å². The molecule has 2 fully saturated rings. The normalized spacial score (nSPS) is 27.6. The Hall–Kier alpha value is -2.17. The number of carbonyl (C=O) groups excluding carboxylic acids is 2. The van der Waals surface area contributed by atoms with Gasteiger partial charge in [0, 0.05) is 60.0 Å². The number of hydrogen-bond acceptors (Lipinski definition) is 6. The van der Waals surface area contributed by atoms with Crippen molar-refractivity contribution in [3.63, 3.8) is 0 Å². The number of aliphatic imine (C=N–C) groups is 1. The Bertz CT molecular complexity index is 1220. The number of nitrogens with one attached hydrogen (secondary N) is 1. The van der Waals surface area contributed by atoms with Crippen molar-refractivity contribution >= 4 is 40.9 Å². The van der Waals surface area contributed by atoms with Gasteiger partial charge in [0.05, 0.1) is 10.9 Å². The van der Waals surface area contributed by atoms with Gasteiger partial charge in [0.1, 0.15) is 0 Å². The maximum absolute atomic E-state index is 13.3. The fourth-order valence-electron chi connectivity index (χ4n) is 5.82. The van der Waals surface area contributed by atoms with E-state index in [1.54, 1.807) is 19.9 Å². The predicted octanol–water partition coefficient (Wildman–Crippen LogP) is 5.24. The molecule has 1 aromatic rings. The van der Waals surface area contributed by atoms with E-state index in [1.165, 1.54) is 11.8 Å². The van der Waals surface area contributed by atoms with E-state index in [-0.39, 0.29) is 48.2 Å². The zero-order chi connectivity index (χ0) is 27.4. The molecule has 7 nitrogen and oxygen atoms in total. The second kappa shape index (κ2) is 10.1. The number of ether oxygens (including phenoxy) is 2. The first-order valence-electron chi connectivity index (χ1n) is 12.9. The first kappa shape index (κ1) is 27.4. The third-order valence-corrected chi connectivity index (χ3v) is 9.29. The van der Waals surface area contributed by atoms with Crippen molar-refractivity contribution in [3.05, 3.63) is 33.2 Å². The molecular weight excluding hydrogens is 536 g/mol. The maximum atomic E-state index is 13.3. The third-order valence-electron chi connectivity index (χ3n) is 8.13. The van der Waals surface area contributed by atoms with E-state index in [2.05, 4.69) is 15.2 Å². The molecule has 4 aliphatic rings. The van der Waals surface area contributed by atoms with Gasteiger partial charge in [0.2, 0.25) is 0 Å². The molecule has 206 valence electrons. The average molecular weight is 568 g/mol. The smallest absolute Gasteiger partial charge is 0.255 e. The lowest BCUT2D eigenvalue weighted by molar-refractivity contribution is -0.151. The minimum atomic E-state index is -2.53. The molecule has 1 saturated heterocycles. The molecule has 1 unspecified atom stereocenters. The van der Waals surface area contributed by atoms with Crippen LogP contribution < -0.4 is 14.8 Å². The SMILES string of the molecule is CSC1=CC(C)=NC(=O)C1CNC(=O)c1cc(Cl)c2c(c1C)O[C@@](C)(C1CCN(C3CC(F)(F)C3)CC1)O2. The molecule has 5 rings (SSSR count). The number of carbonyl (C=O) groups is 2. The van der Waals surface area contributed by atoms with E-state index >= 15 is 0 Å². The molecule has 0 radical (unpaired) electrons. The van der Waals surface area contributed by atoms with Crippen LogP contribution in [0.15, 0.2) is 22.0 Å². The van der Waals surface area contributed by atoms with Gasteiger partial charge < -0.3 is 14.8 Å². The summed E-state index contributed by atoms with van der Waals surface area (Å²) in [6.45, 7) is 6.96. The van der Waals surface area contributed by atoms with Gasteiger partial charge in [-0.15, -0.1) is 11.8 Å². The minimum absolute atomic E-state index is 0.0394. The van der Waals surface area contributed by atoms with Crippen molar-refractivity contribution in [3.8, 4) is 11.5 Å². The van der Waals surface area contributed by atoms with Gasteiger partial charge in [-0.1, -0.05) is 11.6 Å². The molecule has 3 heterocycles. The summed E-state index contributed by atoms with van der Waals surface area (Å²) in [5.41, 5.74) is 1.60. The number of fused-ring (bicyclic) bond motifs is 1. The van der Waals surface area contributed by atoms with Crippen LogP contribution in [-0.4, -0.2) is 66.1 Å². The fraction of sp³-hybridized carbons (Fsp3) is 0.593. The molecule has 2 amide bonds. The average Bonchev–Trinajstić information content (AvgIpc) is 3.23. The second-order valence-electron chi connectivity index (χ2n) is 10.7. The Morgan fingerprint density at radius 3 is 2.53 bits per heavy atom. The highest BCUT2D eigenvalue weighted by Gasteiger charge is 2.51. The van der Waals surface area contributed by atoms with Gasteiger partial charge in [-0.3, -0.25) is 14.5 Å². The highest BCUT2D eigenvalue weighted by Crippen LogP contribution is 2.51. The van der Waals surface area contributed by atoms with E-state index in [4.69, 9.17) is 21.1 Å². The molecule has 38 heavy (non-hydrogen) atoms. The largest absolute Gasteiger partial charge is 0.448 e. The number of halogens is 3. The number of benzene rings is 1. The van der Waals surface area contributed by atoms with Crippen LogP contribution in [0.1, 0.15) is 55.5 Å². The van der Waals surface area contributed by atoms with Crippen molar-refractivity contribution in [2.75, 3.05) is 25.9 Å². The molecule has 1 N–H and O–H groups in total.